The minimum Gasteiger partial charge on any atom is -0.495 e. The fraction of sp³-hybridized carbons (Fsp3) is 0.467. The molecule has 3 nitrogen and oxygen atoms in total. The van der Waals surface area contributed by atoms with Gasteiger partial charge in [-0.2, -0.15) is 0 Å². The Morgan fingerprint density at radius 1 is 1.39 bits per heavy atom. The van der Waals surface area contributed by atoms with Crippen LogP contribution >= 0.6 is 0 Å². The van der Waals surface area contributed by atoms with Crippen LogP contribution in [-0.4, -0.2) is 24.8 Å². The SMILES string of the molecule is CNC1CCc2c(n(C)c3c(OC)cccc23)C1. The van der Waals surface area contributed by atoms with Crippen molar-refractivity contribution < 1.29 is 4.74 Å². The zero-order valence-electron chi connectivity index (χ0n) is 11.3. The standard InChI is InChI=1S/C15H20N2O/c1-16-10-7-8-11-12-5-4-6-14(18-3)15(12)17(2)13(11)9-10/h4-6,10,16H,7-9H2,1-3H3. The van der Waals surface area contributed by atoms with Gasteiger partial charge in [-0.15, -0.1) is 0 Å². The highest BCUT2D eigenvalue weighted by Crippen LogP contribution is 2.35. The summed E-state index contributed by atoms with van der Waals surface area (Å²) in [6.07, 6.45) is 3.49. The quantitative estimate of drug-likeness (QED) is 0.877. The van der Waals surface area contributed by atoms with Crippen LogP contribution in [0.5, 0.6) is 5.75 Å². The van der Waals surface area contributed by atoms with Crippen molar-refractivity contribution in [1.29, 1.82) is 0 Å². The summed E-state index contributed by atoms with van der Waals surface area (Å²) < 4.78 is 7.82. The number of methoxy groups -OCH3 is 1. The molecule has 3 rings (SSSR count). The van der Waals surface area contributed by atoms with E-state index in [2.05, 4.69) is 36.1 Å². The first kappa shape index (κ1) is 11.6. The van der Waals surface area contributed by atoms with Gasteiger partial charge in [-0.25, -0.2) is 0 Å². The van der Waals surface area contributed by atoms with Crippen LogP contribution in [0.4, 0.5) is 0 Å². The van der Waals surface area contributed by atoms with Crippen molar-refractivity contribution in [3.63, 3.8) is 0 Å². The number of para-hydroxylation sites is 1. The zero-order valence-corrected chi connectivity index (χ0v) is 11.3. The van der Waals surface area contributed by atoms with Crippen LogP contribution in [0.25, 0.3) is 10.9 Å². The van der Waals surface area contributed by atoms with Crippen LogP contribution in [0, 0.1) is 0 Å². The number of benzene rings is 1. The van der Waals surface area contributed by atoms with E-state index in [9.17, 15) is 0 Å². The molecule has 1 heterocycles. The van der Waals surface area contributed by atoms with Gasteiger partial charge >= 0.3 is 0 Å². The van der Waals surface area contributed by atoms with Gasteiger partial charge in [0, 0.05) is 30.6 Å². The van der Waals surface area contributed by atoms with Crippen LogP contribution < -0.4 is 10.1 Å². The predicted octanol–water partition coefficient (Wildman–Crippen LogP) is 2.26. The second-order valence-electron chi connectivity index (χ2n) is 5.07. The number of hydrogen-bond donors (Lipinski definition) is 1. The van der Waals surface area contributed by atoms with Gasteiger partial charge < -0.3 is 14.6 Å². The maximum atomic E-state index is 5.50. The van der Waals surface area contributed by atoms with Crippen LogP contribution in [0.2, 0.25) is 0 Å². The summed E-state index contributed by atoms with van der Waals surface area (Å²) in [5, 5.41) is 4.76. The largest absolute Gasteiger partial charge is 0.495 e. The monoisotopic (exact) mass is 244 g/mol. The Balaban J connectivity index is 2.23. The van der Waals surface area contributed by atoms with Gasteiger partial charge in [-0.05, 0) is 31.5 Å². The number of likely N-dealkylation sites (N-methyl/N-ethyl adjacent to an activating group) is 1. The second kappa shape index (κ2) is 4.32. The van der Waals surface area contributed by atoms with Gasteiger partial charge in [-0.3, -0.25) is 0 Å². The Morgan fingerprint density at radius 3 is 2.94 bits per heavy atom. The van der Waals surface area contributed by atoms with E-state index in [-0.39, 0.29) is 0 Å². The van der Waals surface area contributed by atoms with Crippen LogP contribution in [0.15, 0.2) is 18.2 Å². The van der Waals surface area contributed by atoms with Crippen molar-refractivity contribution in [3.8, 4) is 5.75 Å². The first-order valence-electron chi connectivity index (χ1n) is 6.56. The van der Waals surface area contributed by atoms with E-state index in [1.807, 2.05) is 6.07 Å². The minimum atomic E-state index is 0.603. The summed E-state index contributed by atoms with van der Waals surface area (Å²) in [7, 11) is 5.96. The lowest BCUT2D eigenvalue weighted by Gasteiger charge is -2.23. The Labute approximate surface area is 108 Å². The highest BCUT2D eigenvalue weighted by atomic mass is 16.5. The second-order valence-corrected chi connectivity index (χ2v) is 5.07. The number of aromatic nitrogens is 1. The van der Waals surface area contributed by atoms with Gasteiger partial charge in [-0.1, -0.05) is 12.1 Å². The number of hydrogen-bond acceptors (Lipinski definition) is 2. The molecule has 2 aromatic rings. The maximum absolute atomic E-state index is 5.50. The third kappa shape index (κ3) is 1.54. The van der Waals surface area contributed by atoms with Gasteiger partial charge in [0.15, 0.2) is 0 Å². The Morgan fingerprint density at radius 2 is 2.22 bits per heavy atom. The number of aryl methyl sites for hydroxylation is 2. The molecule has 0 amide bonds. The summed E-state index contributed by atoms with van der Waals surface area (Å²) in [5.41, 5.74) is 4.21. The molecule has 0 saturated carbocycles. The van der Waals surface area contributed by atoms with Crippen molar-refractivity contribution in [2.75, 3.05) is 14.2 Å². The molecule has 1 aliphatic carbocycles. The fourth-order valence-electron chi connectivity index (χ4n) is 3.21. The summed E-state index contributed by atoms with van der Waals surface area (Å²) in [6, 6.07) is 6.96. The molecule has 0 fully saturated rings. The Hall–Kier alpha value is -1.48. The first-order chi connectivity index (χ1) is 8.76. The molecular weight excluding hydrogens is 224 g/mol. The highest BCUT2D eigenvalue weighted by molar-refractivity contribution is 5.90. The average Bonchev–Trinajstić information content (AvgIpc) is 2.72. The molecule has 0 bridgehead atoms. The van der Waals surface area contributed by atoms with Crippen molar-refractivity contribution >= 4 is 10.9 Å². The molecule has 1 aliphatic rings. The fourth-order valence-corrected chi connectivity index (χ4v) is 3.21. The predicted molar refractivity (Wildman–Crippen MR) is 74.3 cm³/mol. The van der Waals surface area contributed by atoms with Gasteiger partial charge in [0.25, 0.3) is 0 Å². The van der Waals surface area contributed by atoms with Gasteiger partial charge in [0.05, 0.1) is 12.6 Å². The lowest BCUT2D eigenvalue weighted by Crippen LogP contribution is -2.32. The molecule has 18 heavy (non-hydrogen) atoms. The van der Waals surface area contributed by atoms with E-state index in [0.29, 0.717) is 6.04 Å². The molecule has 0 radical (unpaired) electrons. The summed E-state index contributed by atoms with van der Waals surface area (Å²) >= 11 is 0. The molecule has 0 aliphatic heterocycles. The molecule has 0 saturated heterocycles. The normalized spacial score (nSPS) is 18.9. The van der Waals surface area contributed by atoms with Crippen LogP contribution in [-0.2, 0) is 19.9 Å². The van der Waals surface area contributed by atoms with E-state index >= 15 is 0 Å². The Bertz CT molecular complexity index is 586. The number of nitrogens with zero attached hydrogens (tertiary/aromatic N) is 1. The topological polar surface area (TPSA) is 26.2 Å². The molecule has 1 aromatic heterocycles. The molecular formula is C15H20N2O. The first-order valence-corrected chi connectivity index (χ1v) is 6.56. The third-order valence-electron chi connectivity index (χ3n) is 4.22. The summed E-state index contributed by atoms with van der Waals surface area (Å²) in [4.78, 5) is 0. The van der Waals surface area contributed by atoms with E-state index in [0.717, 1.165) is 18.6 Å². The lowest BCUT2D eigenvalue weighted by molar-refractivity contribution is 0.417. The maximum Gasteiger partial charge on any atom is 0.143 e. The molecule has 1 unspecified atom stereocenters. The van der Waals surface area contributed by atoms with Crippen molar-refractivity contribution in [3.05, 3.63) is 29.5 Å². The van der Waals surface area contributed by atoms with Gasteiger partial charge in [0.2, 0.25) is 0 Å². The van der Waals surface area contributed by atoms with Crippen LogP contribution in [0.1, 0.15) is 17.7 Å². The third-order valence-corrected chi connectivity index (χ3v) is 4.22. The number of rotatable bonds is 2. The van der Waals surface area contributed by atoms with Gasteiger partial charge in [0.1, 0.15) is 5.75 Å². The lowest BCUT2D eigenvalue weighted by atomic mass is 9.92. The van der Waals surface area contributed by atoms with Crippen molar-refractivity contribution in [2.45, 2.75) is 25.3 Å². The number of fused-ring (bicyclic) bond motifs is 3. The number of nitrogens with one attached hydrogen (secondary N) is 1. The van der Waals surface area contributed by atoms with E-state index < -0.39 is 0 Å². The molecule has 1 atom stereocenters. The molecule has 1 N–H and O–H groups in total. The molecule has 1 aromatic carbocycles. The van der Waals surface area contributed by atoms with Crippen LogP contribution in [0.3, 0.4) is 0 Å². The summed E-state index contributed by atoms with van der Waals surface area (Å²) in [6.45, 7) is 0. The Kier molecular flexibility index (Phi) is 2.78. The molecule has 0 spiro atoms. The summed E-state index contributed by atoms with van der Waals surface area (Å²) in [5.74, 6) is 0.977. The zero-order chi connectivity index (χ0) is 12.7. The van der Waals surface area contributed by atoms with Crippen molar-refractivity contribution in [1.82, 2.24) is 9.88 Å². The highest BCUT2D eigenvalue weighted by Gasteiger charge is 2.24. The van der Waals surface area contributed by atoms with E-state index in [1.54, 1.807) is 7.11 Å². The molecule has 3 heteroatoms. The van der Waals surface area contributed by atoms with E-state index in [4.69, 9.17) is 4.74 Å². The minimum absolute atomic E-state index is 0.603. The smallest absolute Gasteiger partial charge is 0.143 e. The van der Waals surface area contributed by atoms with E-state index in [1.165, 1.54) is 28.6 Å². The average molecular weight is 244 g/mol. The van der Waals surface area contributed by atoms with Crippen molar-refractivity contribution in [2.24, 2.45) is 7.05 Å². The number of ether oxygens (including phenoxy) is 1. The molecule has 96 valence electrons.